The molecule has 0 aliphatic rings. The van der Waals surface area contributed by atoms with E-state index in [-0.39, 0.29) is 5.91 Å². The van der Waals surface area contributed by atoms with Crippen molar-refractivity contribution in [3.8, 4) is 0 Å². The summed E-state index contributed by atoms with van der Waals surface area (Å²) in [5.41, 5.74) is 0.728. The van der Waals surface area contributed by atoms with Crippen molar-refractivity contribution in [3.05, 3.63) is 35.9 Å². The van der Waals surface area contributed by atoms with Crippen molar-refractivity contribution in [2.45, 2.75) is 20.4 Å². The third kappa shape index (κ3) is 5.10. The molecule has 0 unspecified atom stereocenters. The van der Waals surface area contributed by atoms with Crippen molar-refractivity contribution in [2.75, 3.05) is 27.7 Å². The number of hydrogen-bond donors (Lipinski definition) is 2. The Morgan fingerprint density at radius 3 is 2.43 bits per heavy atom. The molecule has 0 bridgehead atoms. The lowest BCUT2D eigenvalue weighted by Crippen LogP contribution is -2.47. The second-order valence-corrected chi connectivity index (χ2v) is 5.71. The number of carbonyl (C=O) groups is 1. The molecule has 2 N–H and O–H groups in total. The molecule has 1 aromatic carbocycles. The maximum absolute atomic E-state index is 11.8. The molecule has 1 amide bonds. The second kappa shape index (κ2) is 7.67. The van der Waals surface area contributed by atoms with E-state index in [2.05, 4.69) is 27.8 Å². The summed E-state index contributed by atoms with van der Waals surface area (Å²) in [5.74, 6) is 0.784. The fraction of sp³-hybridized carbons (Fsp3) is 0.500. The van der Waals surface area contributed by atoms with Crippen molar-refractivity contribution >= 4 is 11.9 Å². The summed E-state index contributed by atoms with van der Waals surface area (Å²) in [6, 6.07) is 10.2. The van der Waals surface area contributed by atoms with Crippen LogP contribution in [-0.2, 0) is 11.3 Å². The van der Waals surface area contributed by atoms with Crippen molar-refractivity contribution in [3.63, 3.8) is 0 Å². The lowest BCUT2D eigenvalue weighted by atomic mass is 9.92. The molecule has 0 aromatic heterocycles. The highest BCUT2D eigenvalue weighted by Crippen LogP contribution is 2.13. The highest BCUT2D eigenvalue weighted by Gasteiger charge is 2.27. The summed E-state index contributed by atoms with van der Waals surface area (Å²) < 4.78 is 0. The number of benzene rings is 1. The number of rotatable bonds is 5. The molecule has 0 aliphatic heterocycles. The Balaban J connectivity index is 2.61. The number of guanidine groups is 1. The number of nitrogens with one attached hydrogen (secondary N) is 2. The summed E-state index contributed by atoms with van der Waals surface area (Å²) in [5, 5.41) is 5.94. The lowest BCUT2D eigenvalue weighted by molar-refractivity contribution is -0.128. The van der Waals surface area contributed by atoms with E-state index in [1.54, 1.807) is 14.1 Å². The van der Waals surface area contributed by atoms with Crippen LogP contribution in [0, 0.1) is 5.41 Å². The quantitative estimate of drug-likeness (QED) is 0.638. The zero-order chi connectivity index (χ0) is 15.9. The first-order valence-electron chi connectivity index (χ1n) is 7.08. The molecule has 0 saturated heterocycles. The molecule has 0 atom stereocenters. The number of amides is 1. The number of carbonyl (C=O) groups excluding carboxylic acids is 1. The Kier molecular flexibility index (Phi) is 6.21. The van der Waals surface area contributed by atoms with Gasteiger partial charge < -0.3 is 15.5 Å². The lowest BCUT2D eigenvalue weighted by Gasteiger charge is -2.27. The molecular formula is C16H26N4O. The van der Waals surface area contributed by atoms with Crippen molar-refractivity contribution in [2.24, 2.45) is 10.4 Å². The average molecular weight is 290 g/mol. The third-order valence-electron chi connectivity index (χ3n) is 3.37. The van der Waals surface area contributed by atoms with Gasteiger partial charge in [-0.2, -0.15) is 0 Å². The van der Waals surface area contributed by atoms with Gasteiger partial charge in [0.2, 0.25) is 5.91 Å². The fourth-order valence-corrected chi connectivity index (χ4v) is 2.04. The van der Waals surface area contributed by atoms with E-state index >= 15 is 0 Å². The highest BCUT2D eigenvalue weighted by atomic mass is 16.2. The van der Waals surface area contributed by atoms with Gasteiger partial charge in [0.25, 0.3) is 0 Å². The summed E-state index contributed by atoms with van der Waals surface area (Å²) >= 11 is 0. The Bertz CT molecular complexity index is 482. The van der Waals surface area contributed by atoms with E-state index in [0.717, 1.165) is 12.5 Å². The zero-order valence-corrected chi connectivity index (χ0v) is 13.6. The van der Waals surface area contributed by atoms with Gasteiger partial charge in [0.1, 0.15) is 0 Å². The van der Waals surface area contributed by atoms with Gasteiger partial charge in [-0.1, -0.05) is 30.3 Å². The number of hydrogen-bond acceptors (Lipinski definition) is 2. The van der Waals surface area contributed by atoms with Gasteiger partial charge in [-0.25, -0.2) is 0 Å². The Hall–Kier alpha value is -2.04. The molecule has 5 heteroatoms. The Labute approximate surface area is 127 Å². The predicted octanol–water partition coefficient (Wildman–Crippen LogP) is 1.47. The molecule has 116 valence electrons. The first-order valence-corrected chi connectivity index (χ1v) is 7.08. The normalized spacial score (nSPS) is 12.0. The van der Waals surface area contributed by atoms with Crippen LogP contribution >= 0.6 is 0 Å². The molecule has 0 radical (unpaired) electrons. The SMILES string of the molecule is CN=C(NCC(C)(C)C(=O)NC)N(C)Cc1ccccc1. The van der Waals surface area contributed by atoms with Crippen LogP contribution in [0.5, 0.6) is 0 Å². The number of aliphatic imine (C=N–C) groups is 1. The van der Waals surface area contributed by atoms with Crippen LogP contribution in [0.4, 0.5) is 0 Å². The molecule has 1 aromatic rings. The minimum atomic E-state index is -0.488. The zero-order valence-electron chi connectivity index (χ0n) is 13.6. The predicted molar refractivity (Wildman–Crippen MR) is 87.1 cm³/mol. The first kappa shape index (κ1) is 17.0. The largest absolute Gasteiger partial charge is 0.359 e. The van der Waals surface area contributed by atoms with Gasteiger partial charge in [-0.3, -0.25) is 9.79 Å². The maximum atomic E-state index is 11.8. The first-order chi connectivity index (χ1) is 9.90. The molecular weight excluding hydrogens is 264 g/mol. The Morgan fingerprint density at radius 2 is 1.90 bits per heavy atom. The minimum Gasteiger partial charge on any atom is -0.359 e. The minimum absolute atomic E-state index is 0.0103. The van der Waals surface area contributed by atoms with Crippen LogP contribution in [0.25, 0.3) is 0 Å². The third-order valence-corrected chi connectivity index (χ3v) is 3.37. The van der Waals surface area contributed by atoms with Crippen molar-refractivity contribution in [1.29, 1.82) is 0 Å². The molecule has 0 aliphatic carbocycles. The molecule has 0 heterocycles. The van der Waals surface area contributed by atoms with Crippen LogP contribution in [0.3, 0.4) is 0 Å². The highest BCUT2D eigenvalue weighted by molar-refractivity contribution is 5.84. The van der Waals surface area contributed by atoms with E-state index in [9.17, 15) is 4.79 Å². The molecule has 0 spiro atoms. The van der Waals surface area contributed by atoms with Crippen LogP contribution < -0.4 is 10.6 Å². The van der Waals surface area contributed by atoms with Crippen LogP contribution in [0.15, 0.2) is 35.3 Å². The molecule has 5 nitrogen and oxygen atoms in total. The summed E-state index contributed by atoms with van der Waals surface area (Å²) in [6.07, 6.45) is 0. The standard InChI is InChI=1S/C16H26N4O/c1-16(2,14(21)17-3)12-19-15(18-4)20(5)11-13-9-7-6-8-10-13/h6-10H,11-12H2,1-5H3,(H,17,21)(H,18,19). The summed E-state index contributed by atoms with van der Waals surface area (Å²) in [6.45, 7) is 5.10. The molecule has 21 heavy (non-hydrogen) atoms. The fourth-order valence-electron chi connectivity index (χ4n) is 2.04. The van der Waals surface area contributed by atoms with Gasteiger partial charge in [0.15, 0.2) is 5.96 Å². The van der Waals surface area contributed by atoms with Crippen molar-refractivity contribution in [1.82, 2.24) is 15.5 Å². The van der Waals surface area contributed by atoms with E-state index in [1.165, 1.54) is 5.56 Å². The van der Waals surface area contributed by atoms with Crippen LogP contribution in [0.2, 0.25) is 0 Å². The van der Waals surface area contributed by atoms with Gasteiger partial charge in [0, 0.05) is 34.2 Å². The van der Waals surface area contributed by atoms with E-state index in [0.29, 0.717) is 6.54 Å². The number of nitrogens with zero attached hydrogens (tertiary/aromatic N) is 2. The van der Waals surface area contributed by atoms with Gasteiger partial charge in [0.05, 0.1) is 5.41 Å². The van der Waals surface area contributed by atoms with Crippen LogP contribution in [0.1, 0.15) is 19.4 Å². The topological polar surface area (TPSA) is 56.7 Å². The van der Waals surface area contributed by atoms with E-state index < -0.39 is 5.41 Å². The smallest absolute Gasteiger partial charge is 0.227 e. The monoisotopic (exact) mass is 290 g/mol. The average Bonchev–Trinajstić information content (AvgIpc) is 2.47. The van der Waals surface area contributed by atoms with E-state index in [4.69, 9.17) is 0 Å². The maximum Gasteiger partial charge on any atom is 0.227 e. The second-order valence-electron chi connectivity index (χ2n) is 5.71. The molecule has 0 saturated carbocycles. The van der Waals surface area contributed by atoms with Crippen LogP contribution in [-0.4, -0.2) is 44.5 Å². The molecule has 1 rings (SSSR count). The summed E-state index contributed by atoms with van der Waals surface area (Å²) in [4.78, 5) is 18.1. The van der Waals surface area contributed by atoms with Gasteiger partial charge >= 0.3 is 0 Å². The van der Waals surface area contributed by atoms with Gasteiger partial charge in [-0.05, 0) is 19.4 Å². The van der Waals surface area contributed by atoms with Gasteiger partial charge in [-0.15, -0.1) is 0 Å². The summed E-state index contributed by atoms with van der Waals surface area (Å²) in [7, 11) is 5.38. The molecule has 0 fully saturated rings. The van der Waals surface area contributed by atoms with E-state index in [1.807, 2.05) is 44.0 Å². The van der Waals surface area contributed by atoms with Crippen molar-refractivity contribution < 1.29 is 4.79 Å². The Morgan fingerprint density at radius 1 is 1.29 bits per heavy atom.